The first kappa shape index (κ1) is 21.7. The van der Waals surface area contributed by atoms with E-state index in [1.807, 2.05) is 36.4 Å². The molecule has 0 aliphatic carbocycles. The summed E-state index contributed by atoms with van der Waals surface area (Å²) in [4.78, 5) is 14.2. The third kappa shape index (κ3) is 5.55. The van der Waals surface area contributed by atoms with Crippen LogP contribution in [-0.4, -0.2) is 38.7 Å². The quantitative estimate of drug-likeness (QED) is 0.508. The van der Waals surface area contributed by atoms with Crippen molar-refractivity contribution in [3.63, 3.8) is 0 Å². The summed E-state index contributed by atoms with van der Waals surface area (Å²) in [5, 5.41) is 10.8. The topological polar surface area (TPSA) is 71.8 Å². The van der Waals surface area contributed by atoms with Crippen LogP contribution >= 0.6 is 0 Å². The maximum absolute atomic E-state index is 12.6. The smallest absolute Gasteiger partial charge is 0.246 e. The number of nitrogens with zero attached hydrogens (tertiary/aromatic N) is 2. The highest BCUT2D eigenvalue weighted by atomic mass is 16.5. The molecule has 0 aliphatic heterocycles. The average Bonchev–Trinajstić information content (AvgIpc) is 2.80. The molecule has 3 aromatic rings. The Hall–Kier alpha value is -3.98. The second-order valence-electron chi connectivity index (χ2n) is 6.93. The summed E-state index contributed by atoms with van der Waals surface area (Å²) >= 11 is 0. The molecule has 0 spiro atoms. The molecule has 0 aromatic heterocycles. The van der Waals surface area contributed by atoms with Crippen molar-refractivity contribution in [2.24, 2.45) is 0 Å². The zero-order chi connectivity index (χ0) is 22.2. The molecule has 31 heavy (non-hydrogen) atoms. The zero-order valence-electron chi connectivity index (χ0n) is 17.8. The predicted octanol–water partition coefficient (Wildman–Crippen LogP) is 4.43. The number of likely N-dealkylation sites (N-methyl/N-ethyl adjacent to an activating group) is 1. The lowest BCUT2D eigenvalue weighted by Crippen LogP contribution is -2.24. The fraction of sp³-hybridized carbons (Fsp3) is 0.200. The molecule has 6 heteroatoms. The summed E-state index contributed by atoms with van der Waals surface area (Å²) in [6.07, 6.45) is 3.25. The van der Waals surface area contributed by atoms with Gasteiger partial charge in [-0.1, -0.05) is 24.3 Å². The van der Waals surface area contributed by atoms with Gasteiger partial charge in [-0.15, -0.1) is 0 Å². The second-order valence-corrected chi connectivity index (χ2v) is 6.93. The van der Waals surface area contributed by atoms with Gasteiger partial charge >= 0.3 is 0 Å². The van der Waals surface area contributed by atoms with Gasteiger partial charge in [-0.25, -0.2) is 0 Å². The van der Waals surface area contributed by atoms with Gasteiger partial charge in [-0.3, -0.25) is 4.79 Å². The number of hydrogen-bond acceptors (Lipinski definition) is 5. The van der Waals surface area contributed by atoms with Crippen LogP contribution in [0.1, 0.15) is 11.1 Å². The van der Waals surface area contributed by atoms with Crippen molar-refractivity contribution in [2.75, 3.05) is 27.9 Å². The summed E-state index contributed by atoms with van der Waals surface area (Å²) in [6, 6.07) is 19.2. The van der Waals surface area contributed by atoms with Crippen molar-refractivity contribution in [2.45, 2.75) is 6.54 Å². The Morgan fingerprint density at radius 3 is 2.52 bits per heavy atom. The Morgan fingerprint density at radius 1 is 1.00 bits per heavy atom. The van der Waals surface area contributed by atoms with Crippen LogP contribution in [0.3, 0.4) is 0 Å². The maximum Gasteiger partial charge on any atom is 0.246 e. The molecule has 3 rings (SSSR count). The third-order valence-corrected chi connectivity index (χ3v) is 4.81. The van der Waals surface area contributed by atoms with Gasteiger partial charge in [0, 0.05) is 19.7 Å². The second kappa shape index (κ2) is 10.2. The van der Waals surface area contributed by atoms with E-state index in [2.05, 4.69) is 6.07 Å². The van der Waals surface area contributed by atoms with Crippen LogP contribution in [0.4, 0.5) is 0 Å². The minimum absolute atomic E-state index is 0.0584. The maximum atomic E-state index is 12.6. The largest absolute Gasteiger partial charge is 0.497 e. The van der Waals surface area contributed by atoms with Crippen LogP contribution in [-0.2, 0) is 11.3 Å². The molecule has 3 aromatic carbocycles. The minimum atomic E-state index is -0.112. The van der Waals surface area contributed by atoms with Crippen molar-refractivity contribution >= 4 is 22.8 Å². The van der Waals surface area contributed by atoms with Crippen molar-refractivity contribution < 1.29 is 19.0 Å². The zero-order valence-corrected chi connectivity index (χ0v) is 17.8. The van der Waals surface area contributed by atoms with Gasteiger partial charge in [0.2, 0.25) is 5.91 Å². The minimum Gasteiger partial charge on any atom is -0.497 e. The monoisotopic (exact) mass is 416 g/mol. The van der Waals surface area contributed by atoms with E-state index in [0.29, 0.717) is 18.0 Å². The van der Waals surface area contributed by atoms with E-state index in [0.717, 1.165) is 27.6 Å². The van der Waals surface area contributed by atoms with E-state index in [1.165, 1.54) is 13.2 Å². The number of carbonyl (C=O) groups excluding carboxylic acids is 1. The summed E-state index contributed by atoms with van der Waals surface area (Å²) in [7, 11) is 4.95. The van der Waals surface area contributed by atoms with E-state index in [9.17, 15) is 4.79 Å². The van der Waals surface area contributed by atoms with Gasteiger partial charge in [0.05, 0.1) is 14.2 Å². The number of carbonyl (C=O) groups is 1. The Labute approximate surface area is 181 Å². The number of benzene rings is 3. The van der Waals surface area contributed by atoms with Crippen molar-refractivity contribution in [3.05, 3.63) is 71.8 Å². The van der Waals surface area contributed by atoms with Gasteiger partial charge in [-0.05, 0) is 58.3 Å². The molecule has 0 heterocycles. The fourth-order valence-electron chi connectivity index (χ4n) is 3.16. The molecule has 0 saturated heterocycles. The van der Waals surface area contributed by atoms with E-state index in [4.69, 9.17) is 19.5 Å². The number of ether oxygens (including phenoxy) is 3. The summed E-state index contributed by atoms with van der Waals surface area (Å²) in [6.45, 7) is 0.437. The number of amides is 1. The van der Waals surface area contributed by atoms with Crippen LogP contribution in [0.25, 0.3) is 16.8 Å². The van der Waals surface area contributed by atoms with Gasteiger partial charge in [0.25, 0.3) is 0 Å². The highest BCUT2D eigenvalue weighted by Gasteiger charge is 2.08. The summed E-state index contributed by atoms with van der Waals surface area (Å²) in [5.74, 6) is 1.70. The molecule has 0 N–H and O–H groups in total. The number of rotatable bonds is 8. The Balaban J connectivity index is 1.67. The lowest BCUT2D eigenvalue weighted by molar-refractivity contribution is -0.125. The van der Waals surface area contributed by atoms with E-state index in [1.54, 1.807) is 43.3 Å². The molecule has 6 nitrogen and oxygen atoms in total. The van der Waals surface area contributed by atoms with E-state index >= 15 is 0 Å². The molecule has 0 fully saturated rings. The molecule has 0 bridgehead atoms. The molecule has 0 saturated carbocycles. The number of nitriles is 1. The highest BCUT2D eigenvalue weighted by molar-refractivity contribution is 5.92. The Morgan fingerprint density at radius 2 is 1.77 bits per heavy atom. The highest BCUT2D eigenvalue weighted by Crippen LogP contribution is 2.28. The number of methoxy groups -OCH3 is 2. The lowest BCUT2D eigenvalue weighted by Gasteiger charge is -2.16. The first-order valence-electron chi connectivity index (χ1n) is 9.71. The van der Waals surface area contributed by atoms with Crippen molar-refractivity contribution in [1.82, 2.24) is 4.90 Å². The Kier molecular flexibility index (Phi) is 7.13. The molecule has 0 radical (unpaired) electrons. The SMILES string of the molecule is COc1ccc2cc(CN(C)C(=O)/C=C/c3ccc(OCC#N)c(OC)c3)ccc2c1. The van der Waals surface area contributed by atoms with Gasteiger partial charge < -0.3 is 19.1 Å². The van der Waals surface area contributed by atoms with E-state index in [-0.39, 0.29) is 12.5 Å². The summed E-state index contributed by atoms with van der Waals surface area (Å²) in [5.41, 5.74) is 1.84. The number of hydrogen-bond donors (Lipinski definition) is 0. The molecule has 1 amide bonds. The van der Waals surface area contributed by atoms with Crippen LogP contribution in [0.15, 0.2) is 60.7 Å². The van der Waals surface area contributed by atoms with Crippen LogP contribution < -0.4 is 14.2 Å². The summed E-state index contributed by atoms with van der Waals surface area (Å²) < 4.78 is 15.9. The molecule has 0 aliphatic rings. The molecule has 0 atom stereocenters. The fourth-order valence-corrected chi connectivity index (χ4v) is 3.16. The Bertz CT molecular complexity index is 1150. The van der Waals surface area contributed by atoms with Gasteiger partial charge in [0.15, 0.2) is 18.1 Å². The molecular formula is C25H24N2O4. The van der Waals surface area contributed by atoms with Crippen LogP contribution in [0.5, 0.6) is 17.2 Å². The lowest BCUT2D eigenvalue weighted by atomic mass is 10.1. The van der Waals surface area contributed by atoms with E-state index < -0.39 is 0 Å². The first-order valence-corrected chi connectivity index (χ1v) is 9.71. The molecular weight excluding hydrogens is 392 g/mol. The van der Waals surface area contributed by atoms with Crippen molar-refractivity contribution in [1.29, 1.82) is 5.26 Å². The standard InChI is InChI=1S/C25H24N2O4/c1-27(17-19-4-7-21-16-22(29-2)9-8-20(21)14-19)25(28)11-6-18-5-10-23(31-13-12-26)24(15-18)30-3/h4-11,14-16H,13,17H2,1-3H3/b11-6+. The molecule has 0 unspecified atom stereocenters. The molecule has 158 valence electrons. The van der Waals surface area contributed by atoms with Gasteiger partial charge in [0.1, 0.15) is 11.8 Å². The van der Waals surface area contributed by atoms with Crippen LogP contribution in [0.2, 0.25) is 0 Å². The van der Waals surface area contributed by atoms with Crippen molar-refractivity contribution in [3.8, 4) is 23.3 Å². The van der Waals surface area contributed by atoms with Crippen LogP contribution in [0, 0.1) is 11.3 Å². The first-order chi connectivity index (χ1) is 15.0. The number of fused-ring (bicyclic) bond motifs is 1. The van der Waals surface area contributed by atoms with Gasteiger partial charge in [-0.2, -0.15) is 5.26 Å². The normalized spacial score (nSPS) is 10.6. The predicted molar refractivity (Wildman–Crippen MR) is 120 cm³/mol. The third-order valence-electron chi connectivity index (χ3n) is 4.81. The average molecular weight is 416 g/mol.